The number of carbonyl (C=O) groups is 2. The number of benzene rings is 2. The summed E-state index contributed by atoms with van der Waals surface area (Å²) in [5.74, 6) is -0.0340. The summed E-state index contributed by atoms with van der Waals surface area (Å²) in [4.78, 5) is 25.7. The summed E-state index contributed by atoms with van der Waals surface area (Å²) < 4.78 is 1.74. The van der Waals surface area contributed by atoms with E-state index >= 15 is 0 Å². The number of hydrogen-bond acceptors (Lipinski definition) is 4. The number of aromatic nitrogens is 3. The van der Waals surface area contributed by atoms with Crippen LogP contribution in [0.1, 0.15) is 29.7 Å². The fourth-order valence-corrected chi connectivity index (χ4v) is 3.36. The zero-order valence-corrected chi connectivity index (χ0v) is 16.6. The summed E-state index contributed by atoms with van der Waals surface area (Å²) in [6.07, 6.45) is 6.42. The average molecular weight is 401 g/mol. The molecule has 1 fully saturated rings. The summed E-state index contributed by atoms with van der Waals surface area (Å²) in [6, 6.07) is 17.7. The van der Waals surface area contributed by atoms with E-state index in [9.17, 15) is 9.59 Å². The van der Waals surface area contributed by atoms with Gasteiger partial charge in [-0.1, -0.05) is 47.7 Å². The third-order valence-electron chi connectivity index (χ3n) is 4.94. The Hall–Kier alpha value is -3.74. The lowest BCUT2D eigenvalue weighted by Crippen LogP contribution is -2.23. The van der Waals surface area contributed by atoms with E-state index in [1.54, 1.807) is 21.9 Å². The van der Waals surface area contributed by atoms with Crippen molar-refractivity contribution >= 4 is 23.6 Å². The van der Waals surface area contributed by atoms with Gasteiger partial charge in [-0.2, -0.15) is 0 Å². The van der Waals surface area contributed by atoms with E-state index in [1.807, 2.05) is 54.6 Å². The minimum Gasteiger partial charge on any atom is -0.348 e. The molecule has 0 spiro atoms. The lowest BCUT2D eigenvalue weighted by Gasteiger charge is -2.15. The van der Waals surface area contributed by atoms with Crippen LogP contribution in [0.25, 0.3) is 6.08 Å². The molecule has 1 saturated heterocycles. The second-order valence-corrected chi connectivity index (χ2v) is 7.19. The van der Waals surface area contributed by atoms with Gasteiger partial charge in [-0.25, -0.2) is 4.68 Å². The number of nitrogens with zero attached hydrogens (tertiary/aromatic N) is 4. The van der Waals surface area contributed by atoms with Gasteiger partial charge in [0, 0.05) is 31.3 Å². The van der Waals surface area contributed by atoms with Crippen molar-refractivity contribution < 1.29 is 9.59 Å². The molecule has 1 aromatic heterocycles. The van der Waals surface area contributed by atoms with Crippen molar-refractivity contribution in [3.8, 4) is 0 Å². The van der Waals surface area contributed by atoms with Crippen LogP contribution < -0.4 is 10.2 Å². The topological polar surface area (TPSA) is 80.1 Å². The first-order valence-corrected chi connectivity index (χ1v) is 9.97. The molecule has 2 aromatic carbocycles. The third-order valence-corrected chi connectivity index (χ3v) is 4.94. The van der Waals surface area contributed by atoms with E-state index in [2.05, 4.69) is 15.6 Å². The number of nitrogens with one attached hydrogen (secondary N) is 1. The molecular weight excluding hydrogens is 378 g/mol. The van der Waals surface area contributed by atoms with Gasteiger partial charge >= 0.3 is 0 Å². The smallest absolute Gasteiger partial charge is 0.244 e. The summed E-state index contributed by atoms with van der Waals surface area (Å²) in [5.41, 5.74) is 3.64. The van der Waals surface area contributed by atoms with Crippen LogP contribution >= 0.6 is 0 Å². The number of rotatable bonds is 7. The quantitative estimate of drug-likeness (QED) is 0.618. The van der Waals surface area contributed by atoms with Crippen LogP contribution in [-0.4, -0.2) is 33.4 Å². The van der Waals surface area contributed by atoms with Gasteiger partial charge in [0.1, 0.15) is 5.69 Å². The van der Waals surface area contributed by atoms with Crippen molar-refractivity contribution in [3.05, 3.63) is 83.7 Å². The normalized spacial score (nSPS) is 13.9. The fourth-order valence-electron chi connectivity index (χ4n) is 3.36. The molecule has 1 aliphatic heterocycles. The molecule has 2 heterocycles. The largest absolute Gasteiger partial charge is 0.348 e. The molecule has 0 bridgehead atoms. The molecule has 0 unspecified atom stereocenters. The highest BCUT2D eigenvalue weighted by atomic mass is 16.2. The van der Waals surface area contributed by atoms with E-state index < -0.39 is 0 Å². The highest BCUT2D eigenvalue weighted by Crippen LogP contribution is 2.21. The summed E-state index contributed by atoms with van der Waals surface area (Å²) in [6.45, 7) is 1.82. The maximum absolute atomic E-state index is 12.1. The SMILES string of the molecule is O=C(/C=C/c1cn(Cc2ccccc2)nn1)NCc1ccc(N2CCCC2=O)cc1. The predicted octanol–water partition coefficient (Wildman–Crippen LogP) is 2.78. The van der Waals surface area contributed by atoms with E-state index in [0.29, 0.717) is 25.2 Å². The zero-order chi connectivity index (χ0) is 20.8. The molecule has 7 nitrogen and oxygen atoms in total. The van der Waals surface area contributed by atoms with Crippen molar-refractivity contribution in [1.82, 2.24) is 20.3 Å². The van der Waals surface area contributed by atoms with Gasteiger partial charge in [-0.15, -0.1) is 5.10 Å². The summed E-state index contributed by atoms with van der Waals surface area (Å²) in [7, 11) is 0. The minimum absolute atomic E-state index is 0.168. The van der Waals surface area contributed by atoms with Gasteiger partial charge in [0.15, 0.2) is 0 Å². The van der Waals surface area contributed by atoms with Gasteiger partial charge in [-0.05, 0) is 35.8 Å². The standard InChI is InChI=1S/C23H23N5O2/c29-22(13-10-20-17-27(26-25-20)16-19-5-2-1-3-6-19)24-15-18-8-11-21(12-9-18)28-14-4-7-23(28)30/h1-3,5-6,8-13,17H,4,7,14-16H2,(H,24,29)/b13-10+. The zero-order valence-electron chi connectivity index (χ0n) is 16.6. The predicted molar refractivity (Wildman–Crippen MR) is 114 cm³/mol. The maximum Gasteiger partial charge on any atom is 0.244 e. The summed E-state index contributed by atoms with van der Waals surface area (Å²) >= 11 is 0. The van der Waals surface area contributed by atoms with E-state index in [0.717, 1.165) is 29.8 Å². The molecule has 7 heteroatoms. The second kappa shape index (κ2) is 9.17. The first-order valence-electron chi connectivity index (χ1n) is 9.97. The van der Waals surface area contributed by atoms with Gasteiger partial charge in [0.05, 0.1) is 12.7 Å². The molecule has 0 aliphatic carbocycles. The monoisotopic (exact) mass is 401 g/mol. The molecule has 1 aliphatic rings. The van der Waals surface area contributed by atoms with E-state index in [1.165, 1.54) is 6.08 Å². The molecule has 0 atom stereocenters. The number of hydrogen-bond donors (Lipinski definition) is 1. The van der Waals surface area contributed by atoms with Gasteiger partial charge < -0.3 is 10.2 Å². The number of carbonyl (C=O) groups excluding carboxylic acids is 2. The molecule has 152 valence electrons. The Balaban J connectivity index is 1.26. The van der Waals surface area contributed by atoms with Crippen LogP contribution in [0.15, 0.2) is 66.9 Å². The molecule has 30 heavy (non-hydrogen) atoms. The fraction of sp³-hybridized carbons (Fsp3) is 0.217. The Morgan fingerprint density at radius 1 is 1.07 bits per heavy atom. The lowest BCUT2D eigenvalue weighted by molar-refractivity contribution is -0.117. The molecule has 2 amide bonds. The van der Waals surface area contributed by atoms with Crippen LogP contribution in [0.3, 0.4) is 0 Å². The van der Waals surface area contributed by atoms with Crippen LogP contribution in [0, 0.1) is 0 Å². The Labute approximate surface area is 175 Å². The van der Waals surface area contributed by atoms with Gasteiger partial charge in [-0.3, -0.25) is 9.59 Å². The van der Waals surface area contributed by atoms with Crippen LogP contribution in [-0.2, 0) is 22.7 Å². The first kappa shape index (κ1) is 19.6. The lowest BCUT2D eigenvalue weighted by atomic mass is 10.2. The highest BCUT2D eigenvalue weighted by Gasteiger charge is 2.21. The highest BCUT2D eigenvalue weighted by molar-refractivity contribution is 5.95. The van der Waals surface area contributed by atoms with Crippen molar-refractivity contribution in [1.29, 1.82) is 0 Å². The van der Waals surface area contributed by atoms with Crippen molar-refractivity contribution in [2.75, 3.05) is 11.4 Å². The Morgan fingerprint density at radius 2 is 1.87 bits per heavy atom. The maximum atomic E-state index is 12.1. The molecule has 1 N–H and O–H groups in total. The van der Waals surface area contributed by atoms with Gasteiger partial charge in [0.25, 0.3) is 0 Å². The molecule has 0 radical (unpaired) electrons. The second-order valence-electron chi connectivity index (χ2n) is 7.19. The van der Waals surface area contributed by atoms with Crippen LogP contribution in [0.2, 0.25) is 0 Å². The van der Waals surface area contributed by atoms with E-state index in [-0.39, 0.29) is 11.8 Å². The van der Waals surface area contributed by atoms with Crippen LogP contribution in [0.5, 0.6) is 0 Å². The Kier molecular flexibility index (Phi) is 5.98. The first-order chi connectivity index (χ1) is 14.7. The number of anilines is 1. The molecule has 4 rings (SSSR count). The van der Waals surface area contributed by atoms with Crippen LogP contribution in [0.4, 0.5) is 5.69 Å². The summed E-state index contributed by atoms with van der Waals surface area (Å²) in [5, 5.41) is 11.0. The Morgan fingerprint density at radius 3 is 2.60 bits per heavy atom. The van der Waals surface area contributed by atoms with E-state index in [4.69, 9.17) is 0 Å². The molecule has 0 saturated carbocycles. The van der Waals surface area contributed by atoms with Crippen molar-refractivity contribution in [2.24, 2.45) is 0 Å². The van der Waals surface area contributed by atoms with Crippen molar-refractivity contribution in [3.63, 3.8) is 0 Å². The minimum atomic E-state index is -0.202. The Bertz CT molecular complexity index is 1040. The molecular formula is C23H23N5O2. The number of amides is 2. The average Bonchev–Trinajstić information content (AvgIpc) is 3.40. The third kappa shape index (κ3) is 5.00. The van der Waals surface area contributed by atoms with Crippen molar-refractivity contribution in [2.45, 2.75) is 25.9 Å². The molecule has 3 aromatic rings. The van der Waals surface area contributed by atoms with Gasteiger partial charge in [0.2, 0.25) is 11.8 Å².